The van der Waals surface area contributed by atoms with Crippen molar-refractivity contribution in [3.63, 3.8) is 0 Å². The number of carbonyl (C=O) groups is 1. The van der Waals surface area contributed by atoms with Gasteiger partial charge in [0.2, 0.25) is 15.9 Å². The average molecular weight is 332 g/mol. The van der Waals surface area contributed by atoms with Crippen molar-refractivity contribution in [1.29, 1.82) is 0 Å². The number of aromatic nitrogens is 2. The predicted molar refractivity (Wildman–Crippen MR) is 81.5 cm³/mol. The van der Waals surface area contributed by atoms with Gasteiger partial charge in [-0.05, 0) is 12.8 Å². The second-order valence-electron chi connectivity index (χ2n) is 4.99. The Kier molecular flexibility index (Phi) is 5.28. The Morgan fingerprint density at radius 3 is 2.95 bits per heavy atom. The molecule has 0 unspecified atom stereocenters. The van der Waals surface area contributed by atoms with E-state index in [-0.39, 0.29) is 5.91 Å². The van der Waals surface area contributed by atoms with E-state index in [4.69, 9.17) is 0 Å². The zero-order chi connectivity index (χ0) is 15.5. The number of hydrogen-bond donors (Lipinski definition) is 1. The summed E-state index contributed by atoms with van der Waals surface area (Å²) in [6.45, 7) is 0.920. The highest BCUT2D eigenvalue weighted by atomic mass is 32.2. The number of nitrogens with zero attached hydrogens (tertiary/aromatic N) is 3. The van der Waals surface area contributed by atoms with Crippen LogP contribution in [0.5, 0.6) is 0 Å². The molecule has 0 bridgehead atoms. The number of imidazole rings is 1. The Morgan fingerprint density at radius 2 is 2.33 bits per heavy atom. The summed E-state index contributed by atoms with van der Waals surface area (Å²) in [4.78, 5) is 16.3. The largest absolute Gasteiger partial charge is 0.354 e. The number of carbonyl (C=O) groups excluding carboxylic acids is 1. The fourth-order valence-electron chi connectivity index (χ4n) is 2.32. The highest BCUT2D eigenvalue weighted by Gasteiger charge is 2.36. The molecule has 0 saturated carbocycles. The molecule has 7 nitrogen and oxygen atoms in total. The zero-order valence-corrected chi connectivity index (χ0v) is 13.8. The van der Waals surface area contributed by atoms with Gasteiger partial charge in [0.1, 0.15) is 6.04 Å². The van der Waals surface area contributed by atoms with Gasteiger partial charge in [-0.15, -0.1) is 0 Å². The van der Waals surface area contributed by atoms with Crippen molar-refractivity contribution in [2.45, 2.75) is 24.0 Å². The van der Waals surface area contributed by atoms with E-state index >= 15 is 0 Å². The molecule has 0 radical (unpaired) electrons. The molecule has 0 aromatic carbocycles. The maximum Gasteiger partial charge on any atom is 0.238 e. The Balaban J connectivity index is 1.78. The van der Waals surface area contributed by atoms with Crippen molar-refractivity contribution in [3.8, 4) is 0 Å². The SMILES string of the molecule is Cn1ccnc1SCCNC(=O)[C@@H]1CCCN1S(C)(=O)=O. The van der Waals surface area contributed by atoms with E-state index in [9.17, 15) is 13.2 Å². The average Bonchev–Trinajstić information content (AvgIpc) is 3.02. The first-order chi connectivity index (χ1) is 9.89. The van der Waals surface area contributed by atoms with Crippen LogP contribution in [0.1, 0.15) is 12.8 Å². The van der Waals surface area contributed by atoms with Gasteiger partial charge < -0.3 is 9.88 Å². The van der Waals surface area contributed by atoms with E-state index < -0.39 is 16.1 Å². The summed E-state index contributed by atoms with van der Waals surface area (Å²) in [5.74, 6) is 0.487. The Bertz CT molecular complexity index is 599. The third-order valence-corrected chi connectivity index (χ3v) is 5.69. The number of sulfonamides is 1. The van der Waals surface area contributed by atoms with Crippen LogP contribution >= 0.6 is 11.8 Å². The molecule has 1 aromatic rings. The molecule has 1 amide bonds. The van der Waals surface area contributed by atoms with Crippen LogP contribution in [0.2, 0.25) is 0 Å². The van der Waals surface area contributed by atoms with Crippen molar-refractivity contribution >= 4 is 27.7 Å². The summed E-state index contributed by atoms with van der Waals surface area (Å²) in [5.41, 5.74) is 0. The van der Waals surface area contributed by atoms with Gasteiger partial charge in [0, 0.05) is 38.3 Å². The highest BCUT2D eigenvalue weighted by molar-refractivity contribution is 7.99. The number of hydrogen-bond acceptors (Lipinski definition) is 5. The third kappa shape index (κ3) is 4.21. The van der Waals surface area contributed by atoms with Gasteiger partial charge in [0.05, 0.1) is 6.26 Å². The Morgan fingerprint density at radius 1 is 1.57 bits per heavy atom. The van der Waals surface area contributed by atoms with Gasteiger partial charge in [0.15, 0.2) is 5.16 Å². The normalized spacial score (nSPS) is 19.8. The minimum Gasteiger partial charge on any atom is -0.354 e. The van der Waals surface area contributed by atoms with Gasteiger partial charge in [-0.25, -0.2) is 13.4 Å². The lowest BCUT2D eigenvalue weighted by Crippen LogP contribution is -2.46. The van der Waals surface area contributed by atoms with Crippen LogP contribution in [-0.4, -0.2) is 59.3 Å². The second kappa shape index (κ2) is 6.80. The summed E-state index contributed by atoms with van der Waals surface area (Å²) in [6.07, 6.45) is 6.06. The second-order valence-corrected chi connectivity index (χ2v) is 7.99. The molecule has 1 N–H and O–H groups in total. The fourth-order valence-corrected chi connectivity index (χ4v) is 4.24. The Hall–Kier alpha value is -1.06. The van der Waals surface area contributed by atoms with E-state index in [2.05, 4.69) is 10.3 Å². The van der Waals surface area contributed by atoms with Crippen LogP contribution in [-0.2, 0) is 21.9 Å². The molecule has 1 aliphatic heterocycles. The molecule has 1 saturated heterocycles. The lowest BCUT2D eigenvalue weighted by atomic mass is 10.2. The Labute approximate surface area is 129 Å². The molecule has 118 valence electrons. The van der Waals surface area contributed by atoms with Gasteiger partial charge in [-0.2, -0.15) is 4.31 Å². The molecular formula is C12H20N4O3S2. The van der Waals surface area contributed by atoms with Crippen molar-refractivity contribution in [3.05, 3.63) is 12.4 Å². The molecule has 1 aliphatic rings. The number of rotatable bonds is 6. The van der Waals surface area contributed by atoms with Crippen molar-refractivity contribution in [1.82, 2.24) is 19.2 Å². The first-order valence-electron chi connectivity index (χ1n) is 6.74. The van der Waals surface area contributed by atoms with Crippen LogP contribution in [0.4, 0.5) is 0 Å². The summed E-state index contributed by atoms with van der Waals surface area (Å²) in [6, 6.07) is -0.557. The third-order valence-electron chi connectivity index (χ3n) is 3.34. The van der Waals surface area contributed by atoms with Gasteiger partial charge in [0.25, 0.3) is 0 Å². The van der Waals surface area contributed by atoms with Crippen molar-refractivity contribution < 1.29 is 13.2 Å². The molecule has 21 heavy (non-hydrogen) atoms. The lowest BCUT2D eigenvalue weighted by molar-refractivity contribution is -0.124. The first-order valence-corrected chi connectivity index (χ1v) is 9.57. The van der Waals surface area contributed by atoms with Gasteiger partial charge in [-0.1, -0.05) is 11.8 Å². The summed E-state index contributed by atoms with van der Waals surface area (Å²) in [5, 5.41) is 3.70. The number of nitrogens with one attached hydrogen (secondary N) is 1. The standard InChI is InChI=1S/C12H20N4O3S2/c1-15-8-5-14-12(15)20-9-6-13-11(17)10-4-3-7-16(10)21(2,18)19/h5,8,10H,3-4,6-7,9H2,1-2H3,(H,13,17)/t10-/m0/s1. The van der Waals surface area contributed by atoms with E-state index in [0.29, 0.717) is 25.3 Å². The summed E-state index contributed by atoms with van der Waals surface area (Å²) in [7, 11) is -1.40. The smallest absolute Gasteiger partial charge is 0.238 e. The first kappa shape index (κ1) is 16.3. The molecule has 2 rings (SSSR count). The van der Waals surface area contributed by atoms with E-state index in [1.54, 1.807) is 18.0 Å². The minimum absolute atomic E-state index is 0.210. The van der Waals surface area contributed by atoms with E-state index in [0.717, 1.165) is 17.8 Å². The lowest BCUT2D eigenvalue weighted by Gasteiger charge is -2.21. The summed E-state index contributed by atoms with van der Waals surface area (Å²) >= 11 is 1.55. The minimum atomic E-state index is -3.31. The molecular weight excluding hydrogens is 312 g/mol. The molecule has 2 heterocycles. The van der Waals surface area contributed by atoms with Crippen LogP contribution in [0, 0.1) is 0 Å². The fraction of sp³-hybridized carbons (Fsp3) is 0.667. The quantitative estimate of drug-likeness (QED) is 0.588. The maximum absolute atomic E-state index is 12.1. The van der Waals surface area contributed by atoms with Gasteiger partial charge >= 0.3 is 0 Å². The summed E-state index contributed by atoms with van der Waals surface area (Å²) < 4.78 is 26.4. The number of thioether (sulfide) groups is 1. The predicted octanol–water partition coefficient (Wildman–Crippen LogP) is 0.0524. The van der Waals surface area contributed by atoms with Crippen molar-refractivity contribution in [2.24, 2.45) is 7.05 Å². The van der Waals surface area contributed by atoms with E-state index in [1.807, 2.05) is 17.8 Å². The van der Waals surface area contributed by atoms with Crippen LogP contribution in [0.25, 0.3) is 0 Å². The molecule has 0 aliphatic carbocycles. The van der Waals surface area contributed by atoms with Crippen molar-refractivity contribution in [2.75, 3.05) is 25.1 Å². The highest BCUT2D eigenvalue weighted by Crippen LogP contribution is 2.20. The number of aryl methyl sites for hydroxylation is 1. The molecule has 1 atom stereocenters. The maximum atomic E-state index is 12.1. The topological polar surface area (TPSA) is 84.3 Å². The molecule has 1 fully saturated rings. The van der Waals surface area contributed by atoms with Crippen LogP contribution in [0.3, 0.4) is 0 Å². The van der Waals surface area contributed by atoms with Crippen LogP contribution < -0.4 is 5.32 Å². The number of amides is 1. The molecule has 1 aromatic heterocycles. The van der Waals surface area contributed by atoms with Crippen LogP contribution in [0.15, 0.2) is 17.6 Å². The molecule has 9 heteroatoms. The van der Waals surface area contributed by atoms with Gasteiger partial charge in [-0.3, -0.25) is 4.79 Å². The van der Waals surface area contributed by atoms with E-state index in [1.165, 1.54) is 4.31 Å². The molecule has 0 spiro atoms. The zero-order valence-electron chi connectivity index (χ0n) is 12.2. The monoisotopic (exact) mass is 332 g/mol.